The molecule has 0 unspecified atom stereocenters. The normalized spacial score (nSPS) is 15.8. The van der Waals surface area contributed by atoms with Crippen molar-refractivity contribution in [3.8, 4) is 0 Å². The van der Waals surface area contributed by atoms with E-state index in [1.165, 1.54) is 11.1 Å². The second-order valence-electron chi connectivity index (χ2n) is 6.39. The van der Waals surface area contributed by atoms with Crippen molar-refractivity contribution in [2.45, 2.75) is 58.7 Å². The summed E-state index contributed by atoms with van der Waals surface area (Å²) >= 11 is 5.89. The molecule has 140 valence electrons. The molecule has 1 heterocycles. The van der Waals surface area contributed by atoms with Gasteiger partial charge in [0.05, 0.1) is 6.54 Å². The van der Waals surface area contributed by atoms with Crippen molar-refractivity contribution >= 4 is 23.2 Å². The van der Waals surface area contributed by atoms with E-state index >= 15 is 0 Å². The number of carbonyl (C=O) groups is 1. The molecule has 1 aliphatic heterocycles. The van der Waals surface area contributed by atoms with Gasteiger partial charge in [-0.25, -0.2) is 0 Å². The first-order valence-corrected chi connectivity index (χ1v) is 9.95. The molecule has 25 heavy (non-hydrogen) atoms. The third-order valence-corrected chi connectivity index (χ3v) is 4.81. The minimum absolute atomic E-state index is 0.0466. The molecule has 0 N–H and O–H groups in total. The Morgan fingerprint density at radius 1 is 1.24 bits per heavy atom. The number of carbonyl (C=O) groups excluding carboxylic acids is 1. The summed E-state index contributed by atoms with van der Waals surface area (Å²) in [6, 6.07) is 6.21. The number of amides is 1. The van der Waals surface area contributed by atoms with E-state index in [9.17, 15) is 4.79 Å². The van der Waals surface area contributed by atoms with E-state index in [2.05, 4.69) is 19.9 Å². The van der Waals surface area contributed by atoms with E-state index in [0.717, 1.165) is 44.2 Å². The number of alkyl halides is 1. The van der Waals surface area contributed by atoms with Crippen LogP contribution in [0.25, 0.3) is 0 Å². The Hall–Kier alpha value is -1.10. The lowest BCUT2D eigenvalue weighted by atomic mass is 9.97. The standard InChI is InChI=1S/C20H30ClNO3/c1-3-5-9-16-10-8-11-18(17(16)4-2)22(19(23)14-21)15-20-24-12-6-7-13-25-20/h8,10-11,20H,3-7,9,12-15H2,1-2H3. The Balaban J connectivity index is 2.28. The molecular weight excluding hydrogens is 338 g/mol. The van der Waals surface area contributed by atoms with E-state index in [1.54, 1.807) is 4.90 Å². The predicted octanol–water partition coefficient (Wildman–Crippen LogP) is 4.32. The highest BCUT2D eigenvalue weighted by Crippen LogP contribution is 2.27. The van der Waals surface area contributed by atoms with Gasteiger partial charge < -0.3 is 14.4 Å². The van der Waals surface area contributed by atoms with E-state index in [0.29, 0.717) is 19.8 Å². The number of nitrogens with zero attached hydrogens (tertiary/aromatic N) is 1. The summed E-state index contributed by atoms with van der Waals surface area (Å²) in [6.45, 7) is 6.06. The molecule has 1 fully saturated rings. The van der Waals surface area contributed by atoms with Crippen molar-refractivity contribution in [2.75, 3.05) is 30.5 Å². The minimum atomic E-state index is -0.390. The quantitative estimate of drug-likeness (QED) is 0.642. The van der Waals surface area contributed by atoms with Crippen LogP contribution in [0.3, 0.4) is 0 Å². The third kappa shape index (κ3) is 5.70. The van der Waals surface area contributed by atoms with Crippen molar-refractivity contribution < 1.29 is 14.3 Å². The molecular formula is C20H30ClNO3. The number of rotatable bonds is 8. The lowest BCUT2D eigenvalue weighted by Crippen LogP contribution is -2.41. The molecule has 1 aromatic rings. The van der Waals surface area contributed by atoms with E-state index in [-0.39, 0.29) is 11.8 Å². The van der Waals surface area contributed by atoms with Gasteiger partial charge in [-0.15, -0.1) is 11.6 Å². The van der Waals surface area contributed by atoms with Gasteiger partial charge in [0.25, 0.3) is 0 Å². The van der Waals surface area contributed by atoms with E-state index < -0.39 is 6.29 Å². The van der Waals surface area contributed by atoms with Crippen LogP contribution in [-0.2, 0) is 27.1 Å². The van der Waals surface area contributed by atoms with Crippen molar-refractivity contribution in [1.29, 1.82) is 0 Å². The van der Waals surface area contributed by atoms with Crippen LogP contribution in [0.1, 0.15) is 50.7 Å². The summed E-state index contributed by atoms with van der Waals surface area (Å²) in [5.41, 5.74) is 3.48. The molecule has 0 aliphatic carbocycles. The number of unbranched alkanes of at least 4 members (excludes halogenated alkanes) is 1. The summed E-state index contributed by atoms with van der Waals surface area (Å²) in [4.78, 5) is 14.3. The maximum absolute atomic E-state index is 12.5. The van der Waals surface area contributed by atoms with Gasteiger partial charge in [0.2, 0.25) is 5.91 Å². The van der Waals surface area contributed by atoms with Crippen LogP contribution in [-0.4, -0.2) is 37.8 Å². The Kier molecular flexibility index (Phi) is 8.73. The van der Waals surface area contributed by atoms with E-state index in [1.807, 2.05) is 12.1 Å². The molecule has 1 saturated heterocycles. The van der Waals surface area contributed by atoms with Crippen molar-refractivity contribution in [3.63, 3.8) is 0 Å². The van der Waals surface area contributed by atoms with Crippen LogP contribution in [0, 0.1) is 0 Å². The summed E-state index contributed by atoms with van der Waals surface area (Å²) in [5, 5.41) is 0. The van der Waals surface area contributed by atoms with Crippen molar-refractivity contribution in [2.24, 2.45) is 0 Å². The van der Waals surface area contributed by atoms with Gasteiger partial charge in [-0.05, 0) is 49.3 Å². The van der Waals surface area contributed by atoms with Crippen molar-refractivity contribution in [3.05, 3.63) is 29.3 Å². The molecule has 0 radical (unpaired) electrons. The minimum Gasteiger partial charge on any atom is -0.351 e. The van der Waals surface area contributed by atoms with Gasteiger partial charge in [0, 0.05) is 18.9 Å². The topological polar surface area (TPSA) is 38.8 Å². The molecule has 0 atom stereocenters. The highest BCUT2D eigenvalue weighted by atomic mass is 35.5. The predicted molar refractivity (Wildman–Crippen MR) is 102 cm³/mol. The number of aryl methyl sites for hydroxylation is 1. The van der Waals surface area contributed by atoms with Crippen LogP contribution in [0.5, 0.6) is 0 Å². The Bertz CT molecular complexity index is 542. The number of anilines is 1. The first-order valence-electron chi connectivity index (χ1n) is 9.41. The molecule has 1 amide bonds. The van der Waals surface area contributed by atoms with Gasteiger partial charge in [-0.2, -0.15) is 0 Å². The second-order valence-corrected chi connectivity index (χ2v) is 6.66. The van der Waals surface area contributed by atoms with Gasteiger partial charge in [0.1, 0.15) is 5.88 Å². The SMILES string of the molecule is CCCCc1cccc(N(CC2OCCCCO2)C(=O)CCl)c1CC. The van der Waals surface area contributed by atoms with Crippen LogP contribution in [0.4, 0.5) is 5.69 Å². The Morgan fingerprint density at radius 2 is 1.96 bits per heavy atom. The largest absolute Gasteiger partial charge is 0.351 e. The fourth-order valence-corrected chi connectivity index (χ4v) is 3.37. The van der Waals surface area contributed by atoms with Gasteiger partial charge >= 0.3 is 0 Å². The zero-order valence-electron chi connectivity index (χ0n) is 15.4. The molecule has 0 saturated carbocycles. The van der Waals surface area contributed by atoms with Crippen LogP contribution >= 0.6 is 11.6 Å². The van der Waals surface area contributed by atoms with Gasteiger partial charge in [-0.3, -0.25) is 4.79 Å². The summed E-state index contributed by atoms with van der Waals surface area (Å²) in [7, 11) is 0. The molecule has 0 aromatic heterocycles. The zero-order chi connectivity index (χ0) is 18.1. The second kappa shape index (κ2) is 10.8. The van der Waals surface area contributed by atoms with Crippen LogP contribution < -0.4 is 4.90 Å². The lowest BCUT2D eigenvalue weighted by Gasteiger charge is -2.29. The molecule has 1 aliphatic rings. The monoisotopic (exact) mass is 367 g/mol. The lowest BCUT2D eigenvalue weighted by molar-refractivity contribution is -0.128. The van der Waals surface area contributed by atoms with Crippen molar-refractivity contribution in [1.82, 2.24) is 0 Å². The third-order valence-electron chi connectivity index (χ3n) is 4.59. The molecule has 1 aromatic carbocycles. The number of hydrogen-bond donors (Lipinski definition) is 0. The van der Waals surface area contributed by atoms with E-state index in [4.69, 9.17) is 21.1 Å². The fraction of sp³-hybridized carbons (Fsp3) is 0.650. The Labute approximate surface area is 156 Å². The highest BCUT2D eigenvalue weighted by Gasteiger charge is 2.24. The maximum atomic E-state index is 12.5. The molecule has 0 bridgehead atoms. The maximum Gasteiger partial charge on any atom is 0.242 e. The number of halogens is 1. The summed E-state index contributed by atoms with van der Waals surface area (Å²) in [5.74, 6) is -0.157. The average Bonchev–Trinajstić information content (AvgIpc) is 2.92. The van der Waals surface area contributed by atoms with Crippen LogP contribution in [0.15, 0.2) is 18.2 Å². The first-order chi connectivity index (χ1) is 12.2. The first kappa shape index (κ1) is 20.2. The molecule has 5 heteroatoms. The molecule has 4 nitrogen and oxygen atoms in total. The highest BCUT2D eigenvalue weighted by molar-refractivity contribution is 6.29. The average molecular weight is 368 g/mol. The number of benzene rings is 1. The van der Waals surface area contributed by atoms with Gasteiger partial charge in [-0.1, -0.05) is 32.4 Å². The summed E-state index contributed by atoms with van der Waals surface area (Å²) in [6.07, 6.45) is 5.81. The summed E-state index contributed by atoms with van der Waals surface area (Å²) < 4.78 is 11.5. The van der Waals surface area contributed by atoms with Crippen LogP contribution in [0.2, 0.25) is 0 Å². The molecule has 2 rings (SSSR count). The smallest absolute Gasteiger partial charge is 0.242 e. The number of ether oxygens (including phenoxy) is 2. The van der Waals surface area contributed by atoms with Gasteiger partial charge in [0.15, 0.2) is 6.29 Å². The molecule has 0 spiro atoms. The Morgan fingerprint density at radius 3 is 2.56 bits per heavy atom. The zero-order valence-corrected chi connectivity index (χ0v) is 16.2. The number of hydrogen-bond acceptors (Lipinski definition) is 3. The fourth-order valence-electron chi connectivity index (χ4n) is 3.23.